The molecule has 0 saturated carbocycles. The second-order valence-corrected chi connectivity index (χ2v) is 3.97. The molecular weight excluding hydrogens is 216 g/mol. The highest BCUT2D eigenvalue weighted by Gasteiger charge is 2.07. The third-order valence-electron chi connectivity index (χ3n) is 2.65. The Labute approximate surface area is 102 Å². The third-order valence-corrected chi connectivity index (χ3v) is 2.65. The smallest absolute Gasteiger partial charge is 0.140 e. The van der Waals surface area contributed by atoms with Crippen molar-refractivity contribution in [2.45, 2.75) is 32.2 Å². The lowest BCUT2D eigenvalue weighted by molar-refractivity contribution is 0.315. The molecule has 0 fully saturated rings. The van der Waals surface area contributed by atoms with Crippen molar-refractivity contribution in [2.24, 2.45) is 10.9 Å². The SMILES string of the molecule is CCC(CC(N)=NO)NCCc1cccnc1. The summed E-state index contributed by atoms with van der Waals surface area (Å²) >= 11 is 0. The van der Waals surface area contributed by atoms with Crippen molar-refractivity contribution in [2.75, 3.05) is 6.54 Å². The van der Waals surface area contributed by atoms with Gasteiger partial charge in [-0.25, -0.2) is 0 Å². The maximum atomic E-state index is 8.51. The summed E-state index contributed by atoms with van der Waals surface area (Å²) < 4.78 is 0. The second kappa shape index (κ2) is 7.62. The van der Waals surface area contributed by atoms with Gasteiger partial charge >= 0.3 is 0 Å². The molecule has 1 heterocycles. The van der Waals surface area contributed by atoms with Crippen molar-refractivity contribution in [1.29, 1.82) is 0 Å². The summed E-state index contributed by atoms with van der Waals surface area (Å²) in [6.45, 7) is 2.94. The molecule has 94 valence electrons. The molecule has 0 saturated heterocycles. The van der Waals surface area contributed by atoms with E-state index in [1.54, 1.807) is 6.20 Å². The van der Waals surface area contributed by atoms with Crippen LogP contribution in [0.25, 0.3) is 0 Å². The number of pyridine rings is 1. The van der Waals surface area contributed by atoms with Crippen LogP contribution in [-0.2, 0) is 6.42 Å². The molecular formula is C12H20N4O. The van der Waals surface area contributed by atoms with E-state index >= 15 is 0 Å². The standard InChI is InChI=1S/C12H20N4O/c1-2-11(8-12(13)16-17)15-7-5-10-4-3-6-14-9-10/h3-4,6,9,11,15,17H,2,5,7-8H2,1H3,(H2,13,16). The van der Waals surface area contributed by atoms with Crippen LogP contribution in [0.2, 0.25) is 0 Å². The average molecular weight is 236 g/mol. The zero-order chi connectivity index (χ0) is 12.5. The molecule has 17 heavy (non-hydrogen) atoms. The first-order valence-corrected chi connectivity index (χ1v) is 5.85. The summed E-state index contributed by atoms with van der Waals surface area (Å²) in [6.07, 6.45) is 6.08. The van der Waals surface area contributed by atoms with E-state index in [0.717, 1.165) is 19.4 Å². The Morgan fingerprint density at radius 3 is 3.06 bits per heavy atom. The molecule has 5 nitrogen and oxygen atoms in total. The van der Waals surface area contributed by atoms with Crippen LogP contribution in [0.5, 0.6) is 0 Å². The van der Waals surface area contributed by atoms with Crippen molar-refractivity contribution in [3.05, 3.63) is 30.1 Å². The number of oxime groups is 1. The fourth-order valence-corrected chi connectivity index (χ4v) is 1.62. The largest absolute Gasteiger partial charge is 0.409 e. The Balaban J connectivity index is 2.29. The van der Waals surface area contributed by atoms with Crippen LogP contribution in [0.1, 0.15) is 25.3 Å². The Bertz CT molecular complexity index is 340. The molecule has 0 radical (unpaired) electrons. The highest BCUT2D eigenvalue weighted by molar-refractivity contribution is 5.80. The number of aromatic nitrogens is 1. The lowest BCUT2D eigenvalue weighted by atomic mass is 10.1. The van der Waals surface area contributed by atoms with Gasteiger partial charge in [0.2, 0.25) is 0 Å². The van der Waals surface area contributed by atoms with Gasteiger partial charge in [0.1, 0.15) is 5.84 Å². The molecule has 0 bridgehead atoms. The Morgan fingerprint density at radius 2 is 2.47 bits per heavy atom. The van der Waals surface area contributed by atoms with E-state index in [-0.39, 0.29) is 11.9 Å². The van der Waals surface area contributed by atoms with E-state index < -0.39 is 0 Å². The van der Waals surface area contributed by atoms with Crippen LogP contribution in [0.4, 0.5) is 0 Å². The van der Waals surface area contributed by atoms with Crippen molar-refractivity contribution in [3.63, 3.8) is 0 Å². The summed E-state index contributed by atoms with van der Waals surface area (Å²) in [6, 6.07) is 4.24. The molecule has 0 aromatic carbocycles. The molecule has 1 aromatic heterocycles. The van der Waals surface area contributed by atoms with Gasteiger partial charge in [0, 0.05) is 24.9 Å². The van der Waals surface area contributed by atoms with Crippen LogP contribution in [0, 0.1) is 0 Å². The number of rotatable bonds is 7. The van der Waals surface area contributed by atoms with Crippen LogP contribution in [0.3, 0.4) is 0 Å². The second-order valence-electron chi connectivity index (χ2n) is 3.97. The van der Waals surface area contributed by atoms with Crippen LogP contribution in [0.15, 0.2) is 29.7 Å². The van der Waals surface area contributed by atoms with Crippen LogP contribution < -0.4 is 11.1 Å². The van der Waals surface area contributed by atoms with E-state index in [2.05, 4.69) is 28.4 Å². The van der Waals surface area contributed by atoms with Gasteiger partial charge in [-0.15, -0.1) is 0 Å². The van der Waals surface area contributed by atoms with Crippen LogP contribution in [-0.4, -0.2) is 28.6 Å². The fraction of sp³-hybridized carbons (Fsp3) is 0.500. The quantitative estimate of drug-likeness (QED) is 0.287. The van der Waals surface area contributed by atoms with Gasteiger partial charge < -0.3 is 16.3 Å². The summed E-state index contributed by atoms with van der Waals surface area (Å²) in [5.74, 6) is 0.269. The van der Waals surface area contributed by atoms with Crippen molar-refractivity contribution in [3.8, 4) is 0 Å². The van der Waals surface area contributed by atoms with Crippen molar-refractivity contribution in [1.82, 2.24) is 10.3 Å². The average Bonchev–Trinajstić information content (AvgIpc) is 2.38. The Morgan fingerprint density at radius 1 is 1.65 bits per heavy atom. The molecule has 0 spiro atoms. The van der Waals surface area contributed by atoms with E-state index in [4.69, 9.17) is 10.9 Å². The van der Waals surface area contributed by atoms with Gasteiger partial charge in [-0.2, -0.15) is 0 Å². The number of amidine groups is 1. The van der Waals surface area contributed by atoms with Crippen molar-refractivity contribution >= 4 is 5.84 Å². The van der Waals surface area contributed by atoms with Gasteiger partial charge in [-0.3, -0.25) is 4.98 Å². The molecule has 1 rings (SSSR count). The normalized spacial score (nSPS) is 13.6. The summed E-state index contributed by atoms with van der Waals surface area (Å²) in [5, 5.41) is 14.9. The molecule has 0 aliphatic rings. The highest BCUT2D eigenvalue weighted by atomic mass is 16.4. The highest BCUT2D eigenvalue weighted by Crippen LogP contribution is 2.00. The molecule has 1 atom stereocenters. The fourth-order valence-electron chi connectivity index (χ4n) is 1.62. The van der Waals surface area contributed by atoms with E-state index in [9.17, 15) is 0 Å². The number of hydrogen-bond acceptors (Lipinski definition) is 4. The monoisotopic (exact) mass is 236 g/mol. The van der Waals surface area contributed by atoms with Gasteiger partial charge in [0.15, 0.2) is 0 Å². The number of nitrogens with zero attached hydrogens (tertiary/aromatic N) is 2. The number of nitrogens with one attached hydrogen (secondary N) is 1. The molecule has 0 aliphatic heterocycles. The minimum atomic E-state index is 0.252. The lowest BCUT2D eigenvalue weighted by Crippen LogP contribution is -2.34. The molecule has 1 unspecified atom stereocenters. The van der Waals surface area contributed by atoms with Gasteiger partial charge in [0.25, 0.3) is 0 Å². The first kappa shape index (κ1) is 13.4. The van der Waals surface area contributed by atoms with E-state index in [0.29, 0.717) is 6.42 Å². The van der Waals surface area contributed by atoms with Gasteiger partial charge in [-0.05, 0) is 31.0 Å². The van der Waals surface area contributed by atoms with E-state index in [1.165, 1.54) is 5.56 Å². The minimum absolute atomic E-state index is 0.252. The lowest BCUT2D eigenvalue weighted by Gasteiger charge is -2.15. The third kappa shape index (κ3) is 5.31. The molecule has 0 aliphatic carbocycles. The predicted octanol–water partition coefficient (Wildman–Crippen LogP) is 1.13. The maximum absolute atomic E-state index is 8.51. The molecule has 1 aromatic rings. The summed E-state index contributed by atoms with van der Waals surface area (Å²) in [7, 11) is 0. The number of nitrogens with two attached hydrogens (primary N) is 1. The van der Waals surface area contributed by atoms with Crippen molar-refractivity contribution < 1.29 is 5.21 Å². The zero-order valence-corrected chi connectivity index (χ0v) is 10.1. The summed E-state index contributed by atoms with van der Waals surface area (Å²) in [5.41, 5.74) is 6.69. The Hall–Kier alpha value is -1.62. The molecule has 0 amide bonds. The number of hydrogen-bond donors (Lipinski definition) is 3. The first-order chi connectivity index (χ1) is 8.26. The van der Waals surface area contributed by atoms with Crippen LogP contribution >= 0.6 is 0 Å². The summed E-state index contributed by atoms with van der Waals surface area (Å²) in [4.78, 5) is 4.06. The van der Waals surface area contributed by atoms with E-state index in [1.807, 2.05) is 12.3 Å². The van der Waals surface area contributed by atoms with Gasteiger partial charge in [-0.1, -0.05) is 18.1 Å². The zero-order valence-electron chi connectivity index (χ0n) is 10.1. The maximum Gasteiger partial charge on any atom is 0.140 e. The Kier molecular flexibility index (Phi) is 6.03. The van der Waals surface area contributed by atoms with Gasteiger partial charge in [0.05, 0.1) is 0 Å². The molecule has 4 N–H and O–H groups in total. The predicted molar refractivity (Wildman–Crippen MR) is 68.0 cm³/mol. The first-order valence-electron chi connectivity index (χ1n) is 5.85. The molecule has 5 heteroatoms. The minimum Gasteiger partial charge on any atom is -0.409 e. The topological polar surface area (TPSA) is 83.5 Å².